The summed E-state index contributed by atoms with van der Waals surface area (Å²) >= 11 is 0. The number of hydrogen-bond donors (Lipinski definition) is 2. The molecule has 0 spiro atoms. The highest BCUT2D eigenvalue weighted by Gasteiger charge is 2.33. The number of rotatable bonds is 12. The number of fused-ring (bicyclic) bond motifs is 1. The number of benzene rings is 1. The predicted molar refractivity (Wildman–Crippen MR) is 152 cm³/mol. The molecule has 4 aromatic rings. The Morgan fingerprint density at radius 2 is 1.79 bits per heavy atom. The van der Waals surface area contributed by atoms with Crippen LogP contribution in [0.4, 0.5) is 19.0 Å². The van der Waals surface area contributed by atoms with Gasteiger partial charge in [-0.05, 0) is 64.1 Å². The first-order valence-corrected chi connectivity index (χ1v) is 15.0. The van der Waals surface area contributed by atoms with Crippen LogP contribution in [-0.2, 0) is 31.6 Å². The second-order valence-corrected chi connectivity index (χ2v) is 12.0. The van der Waals surface area contributed by atoms with Crippen molar-refractivity contribution >= 4 is 30.5 Å². The molecule has 4 rings (SSSR count). The number of carbonyl (C=O) groups excluding carboxylic acids is 1. The summed E-state index contributed by atoms with van der Waals surface area (Å²) in [6.45, 7) is 6.87. The van der Waals surface area contributed by atoms with Crippen LogP contribution in [0.3, 0.4) is 0 Å². The number of nitrogens with zero attached hydrogens (tertiary/aromatic N) is 5. The minimum atomic E-state index is -4.59. The standard InChI is InChI=1S/C27H31F3N7O5P/c1-16(2)41-26(38)18(4)36-43(39,15-40-17(3)12-37-14-34-23-24(31)32-13-33-25(23)37)42-20-10-8-19(9-11-20)21-6-5-7-22(35-21)27(28,29)30/h5-11,13-14,16-18H,12,15H2,1-4H3,(H,36,39)(H2,31,32,33)/t17-,18+,43+/m1/s1. The van der Waals surface area contributed by atoms with E-state index in [1.54, 1.807) is 25.3 Å². The first kappa shape index (κ1) is 31.9. The lowest BCUT2D eigenvalue weighted by atomic mass is 10.1. The summed E-state index contributed by atoms with van der Waals surface area (Å²) < 4.78 is 71.9. The Morgan fingerprint density at radius 3 is 2.47 bits per heavy atom. The van der Waals surface area contributed by atoms with Crippen LogP contribution in [0.15, 0.2) is 55.1 Å². The predicted octanol–water partition coefficient (Wildman–Crippen LogP) is 5.05. The highest BCUT2D eigenvalue weighted by Crippen LogP contribution is 2.44. The highest BCUT2D eigenvalue weighted by atomic mass is 31.2. The van der Waals surface area contributed by atoms with Crippen LogP contribution in [0.5, 0.6) is 5.75 Å². The third-order valence-corrected chi connectivity index (χ3v) is 7.73. The van der Waals surface area contributed by atoms with Gasteiger partial charge in [0.15, 0.2) is 11.5 Å². The van der Waals surface area contributed by atoms with E-state index in [1.807, 2.05) is 0 Å². The lowest BCUT2D eigenvalue weighted by molar-refractivity contribution is -0.149. The number of pyridine rings is 1. The summed E-state index contributed by atoms with van der Waals surface area (Å²) in [5, 5.41) is 2.71. The average molecular weight is 622 g/mol. The third kappa shape index (κ3) is 8.27. The molecule has 0 bridgehead atoms. The number of nitrogens with one attached hydrogen (secondary N) is 1. The van der Waals surface area contributed by atoms with E-state index in [2.05, 4.69) is 25.0 Å². The summed E-state index contributed by atoms with van der Waals surface area (Å²) in [5.41, 5.74) is 6.25. The molecule has 12 nitrogen and oxygen atoms in total. The van der Waals surface area contributed by atoms with Crippen molar-refractivity contribution in [1.29, 1.82) is 0 Å². The van der Waals surface area contributed by atoms with E-state index in [9.17, 15) is 22.5 Å². The van der Waals surface area contributed by atoms with Crippen LogP contribution >= 0.6 is 7.52 Å². The molecule has 1 aromatic carbocycles. The van der Waals surface area contributed by atoms with E-state index in [-0.39, 0.29) is 23.8 Å². The molecule has 0 aliphatic rings. The van der Waals surface area contributed by atoms with Gasteiger partial charge in [-0.1, -0.05) is 6.07 Å². The van der Waals surface area contributed by atoms with Gasteiger partial charge in [0.2, 0.25) is 0 Å². The highest BCUT2D eigenvalue weighted by molar-refractivity contribution is 7.57. The Kier molecular flexibility index (Phi) is 9.68. The smallest absolute Gasteiger partial charge is 0.433 e. The Labute approximate surface area is 245 Å². The molecule has 0 saturated carbocycles. The molecule has 43 heavy (non-hydrogen) atoms. The van der Waals surface area contributed by atoms with Crippen LogP contribution in [0.1, 0.15) is 33.4 Å². The molecule has 0 radical (unpaired) electrons. The summed E-state index contributed by atoms with van der Waals surface area (Å²) in [6.07, 6.45) is -3.08. The SMILES string of the molecule is CC(C)OC(=O)[C@H](C)N[P@](=O)(CO[C@H](C)Cn1cnc2c(N)ncnc21)Oc1ccc(-c2cccc(C(F)(F)F)n2)cc1. The minimum Gasteiger partial charge on any atom is -0.462 e. The fraction of sp³-hybridized carbons (Fsp3) is 0.370. The molecule has 0 saturated heterocycles. The van der Waals surface area contributed by atoms with Gasteiger partial charge in [0.25, 0.3) is 0 Å². The van der Waals surface area contributed by atoms with Crippen molar-refractivity contribution in [2.24, 2.45) is 0 Å². The van der Waals surface area contributed by atoms with E-state index in [0.29, 0.717) is 16.7 Å². The van der Waals surface area contributed by atoms with Crippen LogP contribution < -0.4 is 15.3 Å². The summed E-state index contributed by atoms with van der Waals surface area (Å²) in [7, 11) is -3.92. The molecule has 3 heterocycles. The van der Waals surface area contributed by atoms with Gasteiger partial charge in [0, 0.05) is 5.56 Å². The fourth-order valence-electron chi connectivity index (χ4n) is 3.97. The van der Waals surface area contributed by atoms with Crippen LogP contribution in [0.25, 0.3) is 22.4 Å². The molecular formula is C27H31F3N7O5P. The van der Waals surface area contributed by atoms with Gasteiger partial charge in [-0.2, -0.15) is 13.2 Å². The Hall–Kier alpha value is -4.07. The van der Waals surface area contributed by atoms with Gasteiger partial charge >= 0.3 is 19.7 Å². The number of imidazole rings is 1. The number of alkyl halides is 3. The van der Waals surface area contributed by atoms with Gasteiger partial charge < -0.3 is 24.3 Å². The zero-order chi connectivity index (χ0) is 31.4. The van der Waals surface area contributed by atoms with Crippen molar-refractivity contribution in [3.05, 3.63) is 60.8 Å². The van der Waals surface area contributed by atoms with E-state index >= 15 is 0 Å². The maximum Gasteiger partial charge on any atom is 0.433 e. The van der Waals surface area contributed by atoms with Gasteiger partial charge in [0.05, 0.1) is 30.8 Å². The summed E-state index contributed by atoms with van der Waals surface area (Å²) in [6, 6.07) is 8.42. The van der Waals surface area contributed by atoms with Crippen molar-refractivity contribution in [2.75, 3.05) is 12.1 Å². The largest absolute Gasteiger partial charge is 0.462 e. The molecular weight excluding hydrogens is 590 g/mol. The number of aromatic nitrogens is 5. The van der Waals surface area contributed by atoms with E-state index in [4.69, 9.17) is 19.7 Å². The quantitative estimate of drug-likeness (QED) is 0.161. The second-order valence-electron chi connectivity index (χ2n) is 9.97. The summed E-state index contributed by atoms with van der Waals surface area (Å²) in [4.78, 5) is 28.5. The Morgan fingerprint density at radius 1 is 1.07 bits per heavy atom. The van der Waals surface area contributed by atoms with Crippen molar-refractivity contribution < 1.29 is 36.5 Å². The molecule has 16 heteroatoms. The number of carbonyl (C=O) groups is 1. The van der Waals surface area contributed by atoms with E-state index in [0.717, 1.165) is 6.07 Å². The number of hydrogen-bond acceptors (Lipinski definition) is 10. The molecule has 0 amide bonds. The van der Waals surface area contributed by atoms with Crippen molar-refractivity contribution in [3.63, 3.8) is 0 Å². The van der Waals surface area contributed by atoms with Crippen LogP contribution in [0, 0.1) is 0 Å². The number of nitrogens with two attached hydrogens (primary N) is 1. The molecule has 3 N–H and O–H groups in total. The van der Waals surface area contributed by atoms with Gasteiger partial charge in [-0.3, -0.25) is 9.36 Å². The van der Waals surface area contributed by atoms with Gasteiger partial charge in [0.1, 0.15) is 35.7 Å². The summed E-state index contributed by atoms with van der Waals surface area (Å²) in [5.74, 6) is -0.281. The second kappa shape index (κ2) is 13.1. The maximum absolute atomic E-state index is 14.0. The normalized spacial score (nSPS) is 14.8. The molecule has 230 valence electrons. The average Bonchev–Trinajstić information content (AvgIpc) is 3.35. The topological polar surface area (TPSA) is 156 Å². The molecule has 0 aliphatic heterocycles. The zero-order valence-electron chi connectivity index (χ0n) is 23.8. The number of anilines is 1. The number of halogens is 3. The van der Waals surface area contributed by atoms with Crippen LogP contribution in [0.2, 0.25) is 0 Å². The molecule has 0 fully saturated rings. The Bertz CT molecular complexity index is 1610. The lowest BCUT2D eigenvalue weighted by Gasteiger charge is -2.25. The number of esters is 1. The van der Waals surface area contributed by atoms with Crippen molar-refractivity contribution in [2.45, 2.75) is 58.7 Å². The minimum absolute atomic E-state index is 0.101. The molecule has 0 aliphatic carbocycles. The first-order valence-electron chi connectivity index (χ1n) is 13.2. The number of ether oxygens (including phenoxy) is 2. The van der Waals surface area contributed by atoms with Gasteiger partial charge in [-0.15, -0.1) is 0 Å². The monoisotopic (exact) mass is 621 g/mol. The van der Waals surface area contributed by atoms with Gasteiger partial charge in [-0.25, -0.2) is 25.0 Å². The fourth-order valence-corrected chi connectivity index (χ4v) is 5.76. The first-order chi connectivity index (χ1) is 20.2. The van der Waals surface area contributed by atoms with Crippen LogP contribution in [-0.4, -0.2) is 55.1 Å². The lowest BCUT2D eigenvalue weighted by Crippen LogP contribution is -2.37. The third-order valence-electron chi connectivity index (χ3n) is 5.95. The molecule has 3 aromatic heterocycles. The van der Waals surface area contributed by atoms with Crippen molar-refractivity contribution in [3.8, 4) is 17.0 Å². The molecule has 3 atom stereocenters. The van der Waals surface area contributed by atoms with E-state index < -0.39 is 50.0 Å². The zero-order valence-corrected chi connectivity index (χ0v) is 24.7. The number of nitrogen functional groups attached to an aromatic ring is 1. The van der Waals surface area contributed by atoms with E-state index in [1.165, 1.54) is 56.0 Å². The maximum atomic E-state index is 14.0. The Balaban J connectivity index is 1.50. The van der Waals surface area contributed by atoms with Crippen molar-refractivity contribution in [1.82, 2.24) is 29.6 Å². The molecule has 0 unspecified atom stereocenters.